The molecule has 0 radical (unpaired) electrons. The van der Waals surface area contributed by atoms with Gasteiger partial charge >= 0.3 is 5.69 Å². The summed E-state index contributed by atoms with van der Waals surface area (Å²) in [6, 6.07) is 5.74. The van der Waals surface area contributed by atoms with Crippen LogP contribution in [0.25, 0.3) is 0 Å². The molecular weight excluding hydrogens is 272 g/mol. The molecule has 2 rings (SSSR count). The van der Waals surface area contributed by atoms with Crippen molar-refractivity contribution in [1.82, 2.24) is 9.97 Å². The number of nitrogen functional groups attached to an aromatic ring is 1. The number of nitro groups is 1. The number of aromatic nitrogens is 2. The van der Waals surface area contributed by atoms with Crippen molar-refractivity contribution in [3.05, 3.63) is 45.1 Å². The van der Waals surface area contributed by atoms with Gasteiger partial charge in [0.05, 0.1) is 4.92 Å². The molecule has 2 aromatic rings. The molecule has 21 heavy (non-hydrogen) atoms. The molecule has 0 aliphatic carbocycles. The first-order chi connectivity index (χ1) is 9.92. The standard InChI is InChI=1S/C13H16N6O2/c1-7-4-5-10(8(2)6-7)16-12-11(19(20)21)9(3)15-13(17-12)18-14/h4-6H,14H2,1-3H3,(H2,15,16,17,18). The summed E-state index contributed by atoms with van der Waals surface area (Å²) in [5.74, 6) is 5.50. The first-order valence-corrected chi connectivity index (χ1v) is 6.26. The number of anilines is 3. The number of benzene rings is 1. The molecule has 8 nitrogen and oxygen atoms in total. The average molecular weight is 288 g/mol. The van der Waals surface area contributed by atoms with Crippen LogP contribution in [0.3, 0.4) is 0 Å². The summed E-state index contributed by atoms with van der Waals surface area (Å²) < 4.78 is 0. The zero-order valence-corrected chi connectivity index (χ0v) is 12.0. The number of hydrazine groups is 1. The van der Waals surface area contributed by atoms with Gasteiger partial charge in [-0.1, -0.05) is 17.7 Å². The van der Waals surface area contributed by atoms with Crippen molar-refractivity contribution in [3.8, 4) is 0 Å². The Bertz CT molecular complexity index is 701. The van der Waals surface area contributed by atoms with Crippen LogP contribution in [0.2, 0.25) is 0 Å². The fraction of sp³-hybridized carbons (Fsp3) is 0.231. The van der Waals surface area contributed by atoms with Crippen molar-refractivity contribution >= 4 is 23.1 Å². The Kier molecular flexibility index (Phi) is 3.99. The van der Waals surface area contributed by atoms with Crippen molar-refractivity contribution in [1.29, 1.82) is 0 Å². The number of nitrogens with one attached hydrogen (secondary N) is 2. The molecule has 0 aliphatic rings. The lowest BCUT2D eigenvalue weighted by Gasteiger charge is -2.11. The van der Waals surface area contributed by atoms with E-state index in [0.29, 0.717) is 0 Å². The Morgan fingerprint density at radius 3 is 2.52 bits per heavy atom. The second-order valence-electron chi connectivity index (χ2n) is 4.67. The minimum Gasteiger partial charge on any atom is -0.334 e. The van der Waals surface area contributed by atoms with Crippen LogP contribution >= 0.6 is 0 Å². The van der Waals surface area contributed by atoms with Gasteiger partial charge in [-0.05, 0) is 32.4 Å². The van der Waals surface area contributed by atoms with Crippen LogP contribution in [0.15, 0.2) is 18.2 Å². The van der Waals surface area contributed by atoms with Gasteiger partial charge in [0.25, 0.3) is 0 Å². The van der Waals surface area contributed by atoms with E-state index in [2.05, 4.69) is 20.7 Å². The van der Waals surface area contributed by atoms with Gasteiger partial charge in [0.1, 0.15) is 5.69 Å². The summed E-state index contributed by atoms with van der Waals surface area (Å²) in [7, 11) is 0. The van der Waals surface area contributed by atoms with E-state index in [1.807, 2.05) is 32.0 Å². The van der Waals surface area contributed by atoms with Crippen molar-refractivity contribution < 1.29 is 4.92 Å². The smallest absolute Gasteiger partial charge is 0.332 e. The highest BCUT2D eigenvalue weighted by atomic mass is 16.6. The SMILES string of the molecule is Cc1ccc(Nc2nc(NN)nc(C)c2[N+](=O)[O-])c(C)c1. The van der Waals surface area contributed by atoms with Gasteiger partial charge in [0.15, 0.2) is 0 Å². The van der Waals surface area contributed by atoms with E-state index < -0.39 is 4.92 Å². The normalized spacial score (nSPS) is 10.3. The number of hydrogen-bond donors (Lipinski definition) is 3. The lowest BCUT2D eigenvalue weighted by atomic mass is 10.1. The Labute approximate surface area is 121 Å². The molecule has 110 valence electrons. The predicted octanol–water partition coefficient (Wildman–Crippen LogP) is 2.34. The largest absolute Gasteiger partial charge is 0.334 e. The molecule has 0 amide bonds. The highest BCUT2D eigenvalue weighted by Gasteiger charge is 2.22. The van der Waals surface area contributed by atoms with E-state index in [-0.39, 0.29) is 23.1 Å². The van der Waals surface area contributed by atoms with Crippen molar-refractivity contribution in [2.75, 3.05) is 10.7 Å². The van der Waals surface area contributed by atoms with Gasteiger partial charge in [0.2, 0.25) is 11.8 Å². The zero-order valence-electron chi connectivity index (χ0n) is 12.0. The second kappa shape index (κ2) is 5.71. The Balaban J connectivity index is 2.51. The van der Waals surface area contributed by atoms with Crippen LogP contribution in [-0.2, 0) is 0 Å². The highest BCUT2D eigenvalue weighted by Crippen LogP contribution is 2.30. The van der Waals surface area contributed by atoms with Crippen LogP contribution < -0.4 is 16.6 Å². The third kappa shape index (κ3) is 3.06. The molecule has 0 spiro atoms. The maximum atomic E-state index is 11.2. The number of aryl methyl sites for hydroxylation is 3. The first kappa shape index (κ1) is 14.7. The maximum Gasteiger partial charge on any atom is 0.332 e. The van der Waals surface area contributed by atoms with Gasteiger partial charge in [-0.3, -0.25) is 15.5 Å². The molecule has 0 saturated carbocycles. The molecule has 1 aromatic heterocycles. The lowest BCUT2D eigenvalue weighted by Crippen LogP contribution is -2.13. The second-order valence-corrected chi connectivity index (χ2v) is 4.67. The molecule has 1 aromatic carbocycles. The quantitative estimate of drug-likeness (QED) is 0.448. The van der Waals surface area contributed by atoms with Crippen molar-refractivity contribution in [2.45, 2.75) is 20.8 Å². The minimum absolute atomic E-state index is 0.104. The van der Waals surface area contributed by atoms with E-state index >= 15 is 0 Å². The molecule has 0 fully saturated rings. The zero-order chi connectivity index (χ0) is 15.6. The summed E-state index contributed by atoms with van der Waals surface area (Å²) >= 11 is 0. The van der Waals surface area contributed by atoms with Gasteiger partial charge in [0, 0.05) is 5.69 Å². The van der Waals surface area contributed by atoms with E-state index in [1.54, 1.807) is 0 Å². The summed E-state index contributed by atoms with van der Waals surface area (Å²) in [5.41, 5.74) is 5.17. The molecule has 8 heteroatoms. The molecule has 0 unspecified atom stereocenters. The third-order valence-corrected chi connectivity index (χ3v) is 3.00. The number of rotatable bonds is 4. The summed E-state index contributed by atoms with van der Waals surface area (Å²) in [4.78, 5) is 18.6. The summed E-state index contributed by atoms with van der Waals surface area (Å²) in [6.45, 7) is 5.43. The molecule has 0 saturated heterocycles. The van der Waals surface area contributed by atoms with Gasteiger partial charge in [-0.2, -0.15) is 4.98 Å². The first-order valence-electron chi connectivity index (χ1n) is 6.26. The van der Waals surface area contributed by atoms with Crippen LogP contribution in [0, 0.1) is 30.9 Å². The summed E-state index contributed by atoms with van der Waals surface area (Å²) in [5, 5.41) is 14.2. The van der Waals surface area contributed by atoms with Gasteiger partial charge < -0.3 is 5.32 Å². The van der Waals surface area contributed by atoms with Crippen LogP contribution in [0.5, 0.6) is 0 Å². The number of nitrogens with zero attached hydrogens (tertiary/aromatic N) is 3. The molecule has 1 heterocycles. The van der Waals surface area contributed by atoms with Crippen molar-refractivity contribution in [3.63, 3.8) is 0 Å². The number of nitrogens with two attached hydrogens (primary N) is 1. The summed E-state index contributed by atoms with van der Waals surface area (Å²) in [6.07, 6.45) is 0. The van der Waals surface area contributed by atoms with Crippen LogP contribution in [0.4, 0.5) is 23.1 Å². The molecule has 0 atom stereocenters. The fourth-order valence-electron chi connectivity index (χ4n) is 2.02. The average Bonchev–Trinajstić information content (AvgIpc) is 2.40. The van der Waals surface area contributed by atoms with E-state index in [9.17, 15) is 10.1 Å². The van der Waals surface area contributed by atoms with Crippen molar-refractivity contribution in [2.24, 2.45) is 5.84 Å². The topological polar surface area (TPSA) is 119 Å². The van der Waals surface area contributed by atoms with E-state index in [1.165, 1.54) is 6.92 Å². The Morgan fingerprint density at radius 2 is 1.95 bits per heavy atom. The monoisotopic (exact) mass is 288 g/mol. The fourth-order valence-corrected chi connectivity index (χ4v) is 2.02. The molecule has 4 N–H and O–H groups in total. The predicted molar refractivity (Wildman–Crippen MR) is 80.4 cm³/mol. The van der Waals surface area contributed by atoms with Crippen LogP contribution in [-0.4, -0.2) is 14.9 Å². The van der Waals surface area contributed by atoms with E-state index in [0.717, 1.165) is 16.8 Å². The third-order valence-electron chi connectivity index (χ3n) is 3.00. The van der Waals surface area contributed by atoms with Gasteiger partial charge in [-0.25, -0.2) is 10.8 Å². The maximum absolute atomic E-state index is 11.2. The minimum atomic E-state index is -0.512. The molecule has 0 aliphatic heterocycles. The molecular formula is C13H16N6O2. The van der Waals surface area contributed by atoms with Gasteiger partial charge in [-0.15, -0.1) is 0 Å². The number of hydrogen-bond acceptors (Lipinski definition) is 7. The van der Waals surface area contributed by atoms with Crippen LogP contribution in [0.1, 0.15) is 16.8 Å². The Hall–Kier alpha value is -2.74. The highest BCUT2D eigenvalue weighted by molar-refractivity contribution is 5.70. The molecule has 0 bridgehead atoms. The lowest BCUT2D eigenvalue weighted by molar-refractivity contribution is -0.385. The van der Waals surface area contributed by atoms with E-state index in [4.69, 9.17) is 5.84 Å². The Morgan fingerprint density at radius 1 is 1.24 bits per heavy atom.